The normalized spacial score (nSPS) is 16.4. The van der Waals surface area contributed by atoms with Crippen molar-refractivity contribution < 1.29 is 13.7 Å². The van der Waals surface area contributed by atoms with Gasteiger partial charge in [-0.3, -0.25) is 0 Å². The third-order valence-corrected chi connectivity index (χ3v) is 11.5. The molecule has 0 N–H and O–H groups in total. The lowest BCUT2D eigenvalue weighted by molar-refractivity contribution is 0.215. The van der Waals surface area contributed by atoms with Crippen LogP contribution in [0.5, 0.6) is 11.5 Å². The Morgan fingerprint density at radius 1 is 0.706 bits per heavy atom. The highest BCUT2D eigenvalue weighted by Gasteiger charge is 2.40. The van der Waals surface area contributed by atoms with Gasteiger partial charge in [0.2, 0.25) is 0 Å². The van der Waals surface area contributed by atoms with Crippen LogP contribution in [-0.2, 0) is 21.7 Å². The van der Waals surface area contributed by atoms with Crippen molar-refractivity contribution in [3.8, 4) is 11.5 Å². The van der Waals surface area contributed by atoms with Crippen molar-refractivity contribution in [3.63, 3.8) is 0 Å². The Kier molecular flexibility index (Phi) is 8.08. The van der Waals surface area contributed by atoms with E-state index in [9.17, 15) is 4.21 Å². The standard InChI is InChI=1S/C26H18I3O3S2/c27-17-15-20(28)26(21(29)16-17)32-14-13-31-18-9-11-19(12-10-18)33-22-5-1-3-7-24(22)34(30)25-8-4-2-6-23(25)33/h1-12,15-16H,13-14H2/q+1. The van der Waals surface area contributed by atoms with Gasteiger partial charge in [0.1, 0.15) is 35.6 Å². The topological polar surface area (TPSA) is 35.5 Å². The molecule has 0 aromatic heterocycles. The van der Waals surface area contributed by atoms with E-state index in [0.717, 1.165) is 38.2 Å². The SMILES string of the molecule is O=S1c2ccccc2[S+](c2ccc(OCCOc3c(I)cc(I)cc3I)cc2)c2ccccc21. The van der Waals surface area contributed by atoms with Gasteiger partial charge < -0.3 is 9.47 Å². The maximum atomic E-state index is 13.1. The van der Waals surface area contributed by atoms with Gasteiger partial charge in [-0.2, -0.15) is 0 Å². The third-order valence-electron chi connectivity index (χ3n) is 5.16. The van der Waals surface area contributed by atoms with Crippen molar-refractivity contribution in [3.05, 3.63) is 95.6 Å². The summed E-state index contributed by atoms with van der Waals surface area (Å²) in [6, 6.07) is 28.6. The molecule has 172 valence electrons. The van der Waals surface area contributed by atoms with Crippen LogP contribution >= 0.6 is 67.8 Å². The summed E-state index contributed by atoms with van der Waals surface area (Å²) in [5, 5.41) is 0. The minimum Gasteiger partial charge on any atom is -0.490 e. The van der Waals surface area contributed by atoms with Crippen LogP contribution in [0, 0.1) is 10.7 Å². The van der Waals surface area contributed by atoms with Gasteiger partial charge in [0.05, 0.1) is 27.7 Å². The molecular weight excluding hydrogens is 805 g/mol. The highest BCUT2D eigenvalue weighted by Crippen LogP contribution is 2.43. The summed E-state index contributed by atoms with van der Waals surface area (Å²) in [6.07, 6.45) is 0. The van der Waals surface area contributed by atoms with E-state index in [4.69, 9.17) is 9.47 Å². The van der Waals surface area contributed by atoms with Crippen molar-refractivity contribution in [1.29, 1.82) is 0 Å². The molecule has 8 heteroatoms. The van der Waals surface area contributed by atoms with Gasteiger partial charge in [0.15, 0.2) is 14.7 Å². The van der Waals surface area contributed by atoms with E-state index in [1.807, 2.05) is 48.5 Å². The maximum Gasteiger partial charge on any atom is 0.183 e. The number of hydrogen-bond acceptors (Lipinski definition) is 3. The Morgan fingerprint density at radius 3 is 1.82 bits per heavy atom. The Morgan fingerprint density at radius 2 is 1.24 bits per heavy atom. The van der Waals surface area contributed by atoms with Gasteiger partial charge in [0, 0.05) is 3.57 Å². The highest BCUT2D eigenvalue weighted by molar-refractivity contribution is 14.1. The highest BCUT2D eigenvalue weighted by atomic mass is 127. The second-order valence-electron chi connectivity index (χ2n) is 7.34. The quantitative estimate of drug-likeness (QED) is 0.101. The average Bonchev–Trinajstić information content (AvgIpc) is 2.84. The van der Waals surface area contributed by atoms with Crippen LogP contribution in [0.25, 0.3) is 0 Å². The minimum absolute atomic E-state index is 0.302. The summed E-state index contributed by atoms with van der Waals surface area (Å²) >= 11 is 6.93. The van der Waals surface area contributed by atoms with E-state index in [1.54, 1.807) is 0 Å². The van der Waals surface area contributed by atoms with Crippen LogP contribution in [0.15, 0.2) is 109 Å². The first-order valence-electron chi connectivity index (χ1n) is 10.4. The van der Waals surface area contributed by atoms with Crippen LogP contribution in [0.3, 0.4) is 0 Å². The molecule has 0 fully saturated rings. The van der Waals surface area contributed by atoms with E-state index >= 15 is 0 Å². The van der Waals surface area contributed by atoms with Crippen molar-refractivity contribution in [2.75, 3.05) is 13.2 Å². The lowest BCUT2D eigenvalue weighted by Gasteiger charge is -2.19. The molecule has 1 aliphatic rings. The predicted molar refractivity (Wildman–Crippen MR) is 162 cm³/mol. The molecule has 0 bridgehead atoms. The number of rotatable bonds is 6. The summed E-state index contributed by atoms with van der Waals surface area (Å²) in [5.41, 5.74) is 0. The van der Waals surface area contributed by atoms with Gasteiger partial charge in [-0.05, 0) is 128 Å². The molecule has 0 saturated carbocycles. The summed E-state index contributed by atoms with van der Waals surface area (Å²) in [5.74, 6) is 1.72. The number of hydrogen-bond donors (Lipinski definition) is 0. The number of halogens is 3. The molecular formula is C26H18I3O3S2+. The van der Waals surface area contributed by atoms with Crippen LogP contribution in [-0.4, -0.2) is 17.4 Å². The van der Waals surface area contributed by atoms with Crippen molar-refractivity contribution >= 4 is 89.5 Å². The van der Waals surface area contributed by atoms with Crippen LogP contribution in [0.2, 0.25) is 0 Å². The summed E-state index contributed by atoms with van der Waals surface area (Å²) in [4.78, 5) is 5.25. The molecule has 0 saturated heterocycles. The zero-order chi connectivity index (χ0) is 23.7. The van der Waals surface area contributed by atoms with Crippen LogP contribution < -0.4 is 9.47 Å². The van der Waals surface area contributed by atoms with E-state index in [-0.39, 0.29) is 10.9 Å². The Bertz CT molecular complexity index is 1300. The molecule has 0 unspecified atom stereocenters. The Balaban J connectivity index is 1.31. The first-order chi connectivity index (χ1) is 16.5. The lowest BCUT2D eigenvalue weighted by atomic mass is 10.3. The fourth-order valence-electron chi connectivity index (χ4n) is 3.68. The van der Waals surface area contributed by atoms with Gasteiger partial charge in [-0.25, -0.2) is 4.21 Å². The van der Waals surface area contributed by atoms with E-state index in [0.29, 0.717) is 13.2 Å². The van der Waals surface area contributed by atoms with E-state index in [1.165, 1.54) is 8.47 Å². The molecule has 34 heavy (non-hydrogen) atoms. The molecule has 0 aliphatic carbocycles. The molecule has 4 aromatic rings. The van der Waals surface area contributed by atoms with Gasteiger partial charge in [-0.1, -0.05) is 24.3 Å². The maximum absolute atomic E-state index is 13.1. The van der Waals surface area contributed by atoms with E-state index in [2.05, 4.69) is 104 Å². The molecule has 0 atom stereocenters. The molecule has 3 nitrogen and oxygen atoms in total. The first-order valence-corrected chi connectivity index (χ1v) is 16.0. The lowest BCUT2D eigenvalue weighted by Crippen LogP contribution is -2.16. The molecule has 4 aromatic carbocycles. The van der Waals surface area contributed by atoms with Gasteiger partial charge in [-0.15, -0.1) is 0 Å². The van der Waals surface area contributed by atoms with Crippen molar-refractivity contribution in [2.45, 2.75) is 24.5 Å². The van der Waals surface area contributed by atoms with Crippen molar-refractivity contribution in [1.82, 2.24) is 0 Å². The molecule has 5 rings (SSSR count). The van der Waals surface area contributed by atoms with Crippen LogP contribution in [0.1, 0.15) is 0 Å². The first kappa shape index (κ1) is 24.8. The summed E-state index contributed by atoms with van der Waals surface area (Å²) < 4.78 is 28.5. The second kappa shape index (κ2) is 11.1. The minimum atomic E-state index is -1.15. The molecule has 0 radical (unpaired) electrons. The molecule has 1 heterocycles. The Labute approximate surface area is 245 Å². The molecule has 0 spiro atoms. The van der Waals surface area contributed by atoms with Gasteiger partial charge in [0.25, 0.3) is 0 Å². The fourth-order valence-corrected chi connectivity index (χ4v) is 11.8. The number of benzene rings is 4. The number of ether oxygens (including phenoxy) is 2. The zero-order valence-corrected chi connectivity index (χ0v) is 25.8. The molecule has 1 aliphatic heterocycles. The third kappa shape index (κ3) is 5.16. The predicted octanol–water partition coefficient (Wildman–Crippen LogP) is 7.53. The summed E-state index contributed by atoms with van der Waals surface area (Å²) in [7, 11) is -1.45. The second-order valence-corrected chi connectivity index (χ2v) is 14.3. The Hall–Kier alpha value is -0.830. The smallest absolute Gasteiger partial charge is 0.183 e. The van der Waals surface area contributed by atoms with E-state index < -0.39 is 10.8 Å². The van der Waals surface area contributed by atoms with Gasteiger partial charge >= 0.3 is 0 Å². The number of fused-ring (bicyclic) bond motifs is 2. The largest absolute Gasteiger partial charge is 0.490 e. The molecule has 0 amide bonds. The monoisotopic (exact) mass is 823 g/mol. The fraction of sp³-hybridized carbons (Fsp3) is 0.0769. The summed E-state index contributed by atoms with van der Waals surface area (Å²) in [6.45, 7) is 0.944. The van der Waals surface area contributed by atoms with Crippen LogP contribution in [0.4, 0.5) is 0 Å². The average molecular weight is 823 g/mol. The van der Waals surface area contributed by atoms with Crippen molar-refractivity contribution in [2.24, 2.45) is 0 Å². The zero-order valence-electron chi connectivity index (χ0n) is 17.7.